The molecule has 2 aromatic rings. The van der Waals surface area contributed by atoms with E-state index in [0.29, 0.717) is 5.69 Å². The van der Waals surface area contributed by atoms with Crippen molar-refractivity contribution in [1.29, 1.82) is 0 Å². The lowest BCUT2D eigenvalue weighted by Crippen LogP contribution is -1.95. The number of anilines is 1. The smallest absolute Gasteiger partial charge is 0.0904 e. The summed E-state index contributed by atoms with van der Waals surface area (Å²) in [5.41, 5.74) is 9.13. The van der Waals surface area contributed by atoms with Gasteiger partial charge in [0.25, 0.3) is 0 Å². The Morgan fingerprint density at radius 3 is 2.64 bits per heavy atom. The van der Waals surface area contributed by atoms with Crippen molar-refractivity contribution in [3.63, 3.8) is 0 Å². The molecule has 0 saturated heterocycles. The molecule has 4 nitrogen and oxygen atoms in total. The van der Waals surface area contributed by atoms with Crippen molar-refractivity contribution in [2.45, 2.75) is 6.92 Å². The number of nitrogens with two attached hydrogens (primary N) is 1. The zero-order chi connectivity index (χ0) is 9.97. The van der Waals surface area contributed by atoms with Crippen LogP contribution in [0.3, 0.4) is 0 Å². The van der Waals surface area contributed by atoms with Crippen LogP contribution in [0, 0.1) is 6.92 Å². The molecule has 0 atom stereocenters. The Balaban J connectivity index is 2.58. The topological polar surface area (TPSA) is 64.7 Å². The summed E-state index contributed by atoms with van der Waals surface area (Å²) < 4.78 is 0. The Kier molecular flexibility index (Phi) is 2.10. The Morgan fingerprint density at radius 2 is 1.93 bits per heavy atom. The molecule has 0 amide bonds. The fraction of sp³-hybridized carbons (Fsp3) is 0.100. The van der Waals surface area contributed by atoms with Crippen molar-refractivity contribution in [2.75, 3.05) is 5.73 Å². The summed E-state index contributed by atoms with van der Waals surface area (Å²) in [6.07, 6.45) is 8.37. The molecule has 0 fully saturated rings. The van der Waals surface area contributed by atoms with Gasteiger partial charge in [-0.05, 0) is 12.5 Å². The van der Waals surface area contributed by atoms with E-state index in [-0.39, 0.29) is 0 Å². The zero-order valence-corrected chi connectivity index (χ0v) is 7.81. The van der Waals surface area contributed by atoms with E-state index < -0.39 is 0 Å². The molecule has 0 radical (unpaired) electrons. The van der Waals surface area contributed by atoms with Crippen LogP contribution >= 0.6 is 0 Å². The number of pyridine rings is 1. The number of nitrogens with zero attached hydrogens (tertiary/aromatic N) is 3. The van der Waals surface area contributed by atoms with Crippen molar-refractivity contribution in [2.24, 2.45) is 0 Å². The quantitative estimate of drug-likeness (QED) is 0.731. The minimum absolute atomic E-state index is 0.674. The monoisotopic (exact) mass is 186 g/mol. The number of rotatable bonds is 1. The largest absolute Gasteiger partial charge is 0.397 e. The molecule has 0 aliphatic rings. The first-order valence-corrected chi connectivity index (χ1v) is 4.25. The van der Waals surface area contributed by atoms with Crippen LogP contribution in [-0.2, 0) is 0 Å². The van der Waals surface area contributed by atoms with E-state index in [2.05, 4.69) is 15.0 Å². The number of aromatic nitrogens is 3. The average molecular weight is 186 g/mol. The van der Waals surface area contributed by atoms with Crippen LogP contribution in [0.2, 0.25) is 0 Å². The molecule has 14 heavy (non-hydrogen) atoms. The molecule has 0 aromatic carbocycles. The molecule has 0 saturated carbocycles. The maximum atomic E-state index is 5.75. The average Bonchev–Trinajstić information content (AvgIpc) is 2.23. The van der Waals surface area contributed by atoms with Gasteiger partial charge in [0.05, 0.1) is 23.8 Å². The second kappa shape index (κ2) is 3.41. The van der Waals surface area contributed by atoms with E-state index in [1.165, 1.54) is 0 Å². The molecule has 2 aromatic heterocycles. The van der Waals surface area contributed by atoms with Crippen LogP contribution in [0.1, 0.15) is 5.56 Å². The van der Waals surface area contributed by atoms with Crippen LogP contribution in [0.25, 0.3) is 11.3 Å². The molecule has 0 bridgehead atoms. The molecule has 0 unspecified atom stereocenters. The van der Waals surface area contributed by atoms with Gasteiger partial charge in [0.15, 0.2) is 0 Å². The highest BCUT2D eigenvalue weighted by Gasteiger charge is 2.05. The van der Waals surface area contributed by atoms with E-state index in [9.17, 15) is 0 Å². The van der Waals surface area contributed by atoms with Gasteiger partial charge in [0.1, 0.15) is 0 Å². The van der Waals surface area contributed by atoms with Gasteiger partial charge >= 0.3 is 0 Å². The first-order chi connectivity index (χ1) is 6.79. The number of hydrogen-bond acceptors (Lipinski definition) is 4. The Labute approximate surface area is 81.9 Å². The van der Waals surface area contributed by atoms with Crippen LogP contribution < -0.4 is 5.73 Å². The molecular weight excluding hydrogens is 176 g/mol. The summed E-state index contributed by atoms with van der Waals surface area (Å²) >= 11 is 0. The first-order valence-electron chi connectivity index (χ1n) is 4.25. The zero-order valence-electron chi connectivity index (χ0n) is 7.81. The van der Waals surface area contributed by atoms with E-state index in [0.717, 1.165) is 16.8 Å². The van der Waals surface area contributed by atoms with Crippen molar-refractivity contribution in [1.82, 2.24) is 15.0 Å². The lowest BCUT2D eigenvalue weighted by atomic mass is 10.1. The Morgan fingerprint density at radius 1 is 1.07 bits per heavy atom. The fourth-order valence-corrected chi connectivity index (χ4v) is 1.24. The van der Waals surface area contributed by atoms with Gasteiger partial charge < -0.3 is 5.73 Å². The normalized spacial score (nSPS) is 10.1. The Hall–Kier alpha value is -1.97. The second-order valence-corrected chi connectivity index (χ2v) is 2.99. The minimum atomic E-state index is 0.674. The van der Waals surface area contributed by atoms with Crippen LogP contribution in [0.4, 0.5) is 5.69 Å². The Bertz CT molecular complexity index is 439. The van der Waals surface area contributed by atoms with Crippen molar-refractivity contribution < 1.29 is 0 Å². The van der Waals surface area contributed by atoms with Crippen LogP contribution in [0.5, 0.6) is 0 Å². The van der Waals surface area contributed by atoms with Gasteiger partial charge in [0, 0.05) is 24.2 Å². The standard InChI is InChI=1S/C10H10N4/c1-7-8(4-13-5-9(7)11)10-6-12-2-3-14-10/h2-6H,11H2,1H3. The third-order valence-electron chi connectivity index (χ3n) is 2.09. The molecule has 2 heterocycles. The van der Waals surface area contributed by atoms with Gasteiger partial charge in [0.2, 0.25) is 0 Å². The summed E-state index contributed by atoms with van der Waals surface area (Å²) in [4.78, 5) is 12.2. The summed E-state index contributed by atoms with van der Waals surface area (Å²) in [6, 6.07) is 0. The van der Waals surface area contributed by atoms with Gasteiger partial charge in [-0.2, -0.15) is 0 Å². The molecule has 0 aliphatic heterocycles. The van der Waals surface area contributed by atoms with Gasteiger partial charge in [-0.3, -0.25) is 15.0 Å². The number of hydrogen-bond donors (Lipinski definition) is 1. The molecular formula is C10H10N4. The molecule has 0 spiro atoms. The van der Waals surface area contributed by atoms with Gasteiger partial charge in [-0.1, -0.05) is 0 Å². The lowest BCUT2D eigenvalue weighted by molar-refractivity contribution is 1.18. The van der Waals surface area contributed by atoms with Gasteiger partial charge in [-0.25, -0.2) is 0 Å². The molecule has 0 aliphatic carbocycles. The predicted octanol–water partition coefficient (Wildman–Crippen LogP) is 1.43. The molecule has 2 rings (SSSR count). The third kappa shape index (κ3) is 1.42. The van der Waals surface area contributed by atoms with Gasteiger partial charge in [-0.15, -0.1) is 0 Å². The van der Waals surface area contributed by atoms with E-state index in [4.69, 9.17) is 5.73 Å². The van der Waals surface area contributed by atoms with Crippen molar-refractivity contribution in [3.8, 4) is 11.3 Å². The predicted molar refractivity (Wildman–Crippen MR) is 54.4 cm³/mol. The SMILES string of the molecule is Cc1c(N)cncc1-c1cnccn1. The lowest BCUT2D eigenvalue weighted by Gasteiger charge is -2.05. The third-order valence-corrected chi connectivity index (χ3v) is 2.09. The highest BCUT2D eigenvalue weighted by atomic mass is 14.8. The minimum Gasteiger partial charge on any atom is -0.397 e. The maximum Gasteiger partial charge on any atom is 0.0904 e. The maximum absolute atomic E-state index is 5.75. The van der Waals surface area contributed by atoms with E-state index in [1.807, 2.05) is 6.92 Å². The summed E-state index contributed by atoms with van der Waals surface area (Å²) in [5.74, 6) is 0. The summed E-state index contributed by atoms with van der Waals surface area (Å²) in [5, 5.41) is 0. The highest BCUT2D eigenvalue weighted by Crippen LogP contribution is 2.22. The van der Waals surface area contributed by atoms with Crippen LogP contribution in [0.15, 0.2) is 31.0 Å². The van der Waals surface area contributed by atoms with E-state index in [1.54, 1.807) is 31.0 Å². The summed E-state index contributed by atoms with van der Waals surface area (Å²) in [6.45, 7) is 1.95. The fourth-order valence-electron chi connectivity index (χ4n) is 1.24. The highest BCUT2D eigenvalue weighted by molar-refractivity contribution is 5.67. The van der Waals surface area contributed by atoms with Crippen molar-refractivity contribution >= 4 is 5.69 Å². The molecule has 70 valence electrons. The molecule has 2 N–H and O–H groups in total. The second-order valence-electron chi connectivity index (χ2n) is 2.99. The first kappa shape index (κ1) is 8.62. The van der Waals surface area contributed by atoms with E-state index >= 15 is 0 Å². The van der Waals surface area contributed by atoms with Crippen molar-refractivity contribution in [3.05, 3.63) is 36.5 Å². The van der Waals surface area contributed by atoms with Crippen LogP contribution in [-0.4, -0.2) is 15.0 Å². The molecule has 4 heteroatoms. The summed E-state index contributed by atoms with van der Waals surface area (Å²) in [7, 11) is 0. The number of nitrogen functional groups attached to an aromatic ring is 1.